The summed E-state index contributed by atoms with van der Waals surface area (Å²) in [5.41, 5.74) is 2.06. The maximum Gasteiger partial charge on any atom is 0.191 e. The van der Waals surface area contributed by atoms with Gasteiger partial charge in [0.15, 0.2) is 11.0 Å². The van der Waals surface area contributed by atoms with Crippen LogP contribution in [0.5, 0.6) is 0 Å². The molecule has 0 saturated carbocycles. The van der Waals surface area contributed by atoms with E-state index in [1.165, 1.54) is 0 Å². The Balaban J connectivity index is 1.77. The molecule has 0 fully saturated rings. The van der Waals surface area contributed by atoms with Crippen LogP contribution in [0.3, 0.4) is 0 Å². The Kier molecular flexibility index (Phi) is 3.79. The van der Waals surface area contributed by atoms with Crippen LogP contribution >= 0.6 is 23.1 Å². The Hall–Kier alpha value is -1.73. The first-order valence-corrected chi connectivity index (χ1v) is 7.94. The van der Waals surface area contributed by atoms with Gasteiger partial charge in [-0.1, -0.05) is 11.8 Å². The van der Waals surface area contributed by atoms with Crippen LogP contribution in [0.4, 0.5) is 0 Å². The molecular weight excluding hydrogens is 290 g/mol. The molecule has 0 amide bonds. The van der Waals surface area contributed by atoms with Crippen LogP contribution in [-0.2, 0) is 12.8 Å². The van der Waals surface area contributed by atoms with Crippen molar-refractivity contribution in [1.29, 1.82) is 0 Å². The molecule has 3 heterocycles. The van der Waals surface area contributed by atoms with E-state index in [4.69, 9.17) is 0 Å². The van der Waals surface area contributed by atoms with E-state index < -0.39 is 0 Å². The predicted octanol–water partition coefficient (Wildman–Crippen LogP) is 2.93. The van der Waals surface area contributed by atoms with Crippen LogP contribution in [0.25, 0.3) is 11.4 Å². The molecule has 3 aromatic rings. The third kappa shape index (κ3) is 2.73. The Bertz CT molecular complexity index is 705. The van der Waals surface area contributed by atoms with E-state index in [0.717, 1.165) is 33.0 Å². The van der Waals surface area contributed by atoms with E-state index in [-0.39, 0.29) is 0 Å². The number of nitrogens with zero attached hydrogens (tertiary/aromatic N) is 5. The van der Waals surface area contributed by atoms with Crippen molar-refractivity contribution in [2.75, 3.05) is 0 Å². The molecule has 0 atom stereocenters. The molecule has 20 heavy (non-hydrogen) atoms. The molecule has 7 heteroatoms. The van der Waals surface area contributed by atoms with Crippen LogP contribution in [0.1, 0.15) is 10.7 Å². The second-order valence-electron chi connectivity index (χ2n) is 4.25. The molecule has 0 aromatic carbocycles. The molecule has 0 aliphatic carbocycles. The van der Waals surface area contributed by atoms with Gasteiger partial charge in [0, 0.05) is 36.1 Å². The highest BCUT2D eigenvalue weighted by Crippen LogP contribution is 2.25. The summed E-state index contributed by atoms with van der Waals surface area (Å²) in [5, 5.41) is 12.5. The molecule has 3 rings (SSSR count). The molecule has 0 unspecified atom stereocenters. The van der Waals surface area contributed by atoms with Gasteiger partial charge >= 0.3 is 0 Å². The first-order chi connectivity index (χ1) is 9.74. The standard InChI is InChI=1S/C13H13N5S2/c1-9-15-11(7-19-9)8-20-13-17-16-12(18(13)2)10-4-3-5-14-6-10/h3-7H,8H2,1-2H3. The lowest BCUT2D eigenvalue weighted by Gasteiger charge is -2.02. The van der Waals surface area contributed by atoms with Gasteiger partial charge in [0.05, 0.1) is 10.7 Å². The molecule has 0 bridgehead atoms. The van der Waals surface area contributed by atoms with Gasteiger partial charge in [-0.05, 0) is 19.1 Å². The Labute approximate surface area is 125 Å². The van der Waals surface area contributed by atoms with Crippen LogP contribution in [0, 0.1) is 6.92 Å². The number of rotatable bonds is 4. The summed E-state index contributed by atoms with van der Waals surface area (Å²) in [6, 6.07) is 3.88. The normalized spacial score (nSPS) is 10.9. The average molecular weight is 303 g/mol. The maximum atomic E-state index is 4.45. The molecule has 102 valence electrons. The highest BCUT2D eigenvalue weighted by molar-refractivity contribution is 7.98. The van der Waals surface area contributed by atoms with Gasteiger partial charge in [0.1, 0.15) is 0 Å². The summed E-state index contributed by atoms with van der Waals surface area (Å²) in [5.74, 6) is 1.64. The number of hydrogen-bond donors (Lipinski definition) is 0. The summed E-state index contributed by atoms with van der Waals surface area (Å²) in [6.45, 7) is 2.02. The van der Waals surface area contributed by atoms with Gasteiger partial charge in [-0.25, -0.2) is 4.98 Å². The van der Waals surface area contributed by atoms with Crippen LogP contribution < -0.4 is 0 Å². The molecule has 0 saturated heterocycles. The van der Waals surface area contributed by atoms with Crippen molar-refractivity contribution >= 4 is 23.1 Å². The number of pyridine rings is 1. The zero-order valence-corrected chi connectivity index (χ0v) is 12.8. The second-order valence-corrected chi connectivity index (χ2v) is 6.26. The van der Waals surface area contributed by atoms with Crippen molar-refractivity contribution in [1.82, 2.24) is 24.7 Å². The minimum atomic E-state index is 0.809. The van der Waals surface area contributed by atoms with Gasteiger partial charge in [0.2, 0.25) is 0 Å². The summed E-state index contributed by atoms with van der Waals surface area (Å²) in [4.78, 5) is 8.56. The number of hydrogen-bond acceptors (Lipinski definition) is 6. The number of aryl methyl sites for hydroxylation is 1. The number of thioether (sulfide) groups is 1. The first kappa shape index (κ1) is 13.3. The van der Waals surface area contributed by atoms with Crippen LogP contribution in [0.15, 0.2) is 35.1 Å². The van der Waals surface area contributed by atoms with Crippen LogP contribution in [-0.4, -0.2) is 24.7 Å². The third-order valence-corrected chi connectivity index (χ3v) is 4.65. The lowest BCUT2D eigenvalue weighted by Crippen LogP contribution is -1.95. The molecule has 0 spiro atoms. The monoisotopic (exact) mass is 303 g/mol. The number of thiazole rings is 1. The quantitative estimate of drug-likeness (QED) is 0.694. The summed E-state index contributed by atoms with van der Waals surface area (Å²) < 4.78 is 1.99. The van der Waals surface area contributed by atoms with Gasteiger partial charge in [-0.3, -0.25) is 4.98 Å². The van der Waals surface area contributed by atoms with E-state index in [2.05, 4.69) is 25.5 Å². The largest absolute Gasteiger partial charge is 0.305 e. The minimum absolute atomic E-state index is 0.809. The highest BCUT2D eigenvalue weighted by atomic mass is 32.2. The zero-order chi connectivity index (χ0) is 13.9. The van der Waals surface area contributed by atoms with Crippen molar-refractivity contribution in [3.63, 3.8) is 0 Å². The van der Waals surface area contributed by atoms with Crippen molar-refractivity contribution in [3.8, 4) is 11.4 Å². The molecule has 0 N–H and O–H groups in total. The molecule has 3 aromatic heterocycles. The molecule has 0 aliphatic heterocycles. The SMILES string of the molecule is Cc1nc(CSc2nnc(-c3cccnc3)n2C)cs1. The summed E-state index contributed by atoms with van der Waals surface area (Å²) in [6.07, 6.45) is 3.54. The summed E-state index contributed by atoms with van der Waals surface area (Å²) in [7, 11) is 1.97. The lowest BCUT2D eigenvalue weighted by atomic mass is 10.3. The second kappa shape index (κ2) is 5.72. The fraction of sp³-hybridized carbons (Fsp3) is 0.231. The number of aromatic nitrogens is 5. The van der Waals surface area contributed by atoms with Crippen LogP contribution in [0.2, 0.25) is 0 Å². The van der Waals surface area contributed by atoms with E-state index in [1.807, 2.05) is 30.7 Å². The first-order valence-electron chi connectivity index (χ1n) is 6.07. The average Bonchev–Trinajstić information content (AvgIpc) is 3.04. The fourth-order valence-corrected chi connectivity index (χ4v) is 3.32. The van der Waals surface area contributed by atoms with Gasteiger partial charge in [0.25, 0.3) is 0 Å². The van der Waals surface area contributed by atoms with E-state index in [9.17, 15) is 0 Å². The van der Waals surface area contributed by atoms with E-state index in [1.54, 1.807) is 35.5 Å². The van der Waals surface area contributed by atoms with Gasteiger partial charge < -0.3 is 4.57 Å². The topological polar surface area (TPSA) is 56.5 Å². The van der Waals surface area contributed by atoms with Crippen molar-refractivity contribution in [2.24, 2.45) is 7.05 Å². The zero-order valence-electron chi connectivity index (χ0n) is 11.1. The minimum Gasteiger partial charge on any atom is -0.305 e. The van der Waals surface area contributed by atoms with E-state index in [0.29, 0.717) is 0 Å². The predicted molar refractivity (Wildman–Crippen MR) is 80.6 cm³/mol. The molecule has 5 nitrogen and oxygen atoms in total. The molecular formula is C13H13N5S2. The van der Waals surface area contributed by atoms with Gasteiger partial charge in [-0.15, -0.1) is 21.5 Å². The Morgan fingerprint density at radius 1 is 1.35 bits per heavy atom. The Morgan fingerprint density at radius 3 is 2.95 bits per heavy atom. The lowest BCUT2D eigenvalue weighted by molar-refractivity contribution is 0.793. The Morgan fingerprint density at radius 2 is 2.25 bits per heavy atom. The summed E-state index contributed by atoms with van der Waals surface area (Å²) >= 11 is 3.31. The van der Waals surface area contributed by atoms with Crippen molar-refractivity contribution in [2.45, 2.75) is 17.8 Å². The van der Waals surface area contributed by atoms with Crippen molar-refractivity contribution in [3.05, 3.63) is 40.6 Å². The highest BCUT2D eigenvalue weighted by Gasteiger charge is 2.11. The maximum absolute atomic E-state index is 4.45. The molecule has 0 radical (unpaired) electrons. The van der Waals surface area contributed by atoms with E-state index >= 15 is 0 Å². The molecule has 0 aliphatic rings. The smallest absolute Gasteiger partial charge is 0.191 e. The van der Waals surface area contributed by atoms with Crippen molar-refractivity contribution < 1.29 is 0 Å². The third-order valence-electron chi connectivity index (χ3n) is 2.77. The van der Waals surface area contributed by atoms with Gasteiger partial charge in [-0.2, -0.15) is 0 Å². The fourth-order valence-electron chi connectivity index (χ4n) is 1.80.